The molecule has 1 N–H and O–H groups in total. The zero-order valence-electron chi connectivity index (χ0n) is 8.29. The molecule has 0 unspecified atom stereocenters. The molecule has 0 spiro atoms. The number of hydrogen-bond donors (Lipinski definition) is 1. The molecule has 3 nitrogen and oxygen atoms in total. The molecule has 0 bridgehead atoms. The number of hydrogen-bond acceptors (Lipinski definition) is 4. The van der Waals surface area contributed by atoms with E-state index in [4.69, 9.17) is 0 Å². The Balaban J connectivity index is 1.97. The average molecular weight is 213 g/mol. The van der Waals surface area contributed by atoms with E-state index in [9.17, 15) is 4.79 Å². The van der Waals surface area contributed by atoms with Gasteiger partial charge in [-0.05, 0) is 35.4 Å². The molecule has 1 rings (SSSR count). The summed E-state index contributed by atoms with van der Waals surface area (Å²) in [5.41, 5.74) is 1.35. The van der Waals surface area contributed by atoms with Gasteiger partial charge in [-0.3, -0.25) is 4.79 Å². The van der Waals surface area contributed by atoms with E-state index in [1.165, 1.54) is 12.7 Å². The van der Waals surface area contributed by atoms with Crippen LogP contribution >= 0.6 is 11.3 Å². The van der Waals surface area contributed by atoms with Gasteiger partial charge in [0, 0.05) is 6.54 Å². The first-order valence-electron chi connectivity index (χ1n) is 4.61. The van der Waals surface area contributed by atoms with Crippen molar-refractivity contribution in [3.8, 4) is 0 Å². The minimum atomic E-state index is -0.159. The molecule has 0 aliphatic rings. The van der Waals surface area contributed by atoms with Gasteiger partial charge >= 0.3 is 5.97 Å². The van der Waals surface area contributed by atoms with Crippen LogP contribution in [0.4, 0.5) is 0 Å². The molecule has 0 radical (unpaired) electrons. The van der Waals surface area contributed by atoms with E-state index in [0.717, 1.165) is 13.0 Å². The lowest BCUT2D eigenvalue weighted by Crippen LogP contribution is -2.21. The predicted octanol–water partition coefficient (Wildman–Crippen LogP) is 1.44. The van der Waals surface area contributed by atoms with E-state index in [-0.39, 0.29) is 5.97 Å². The van der Waals surface area contributed by atoms with E-state index in [1.54, 1.807) is 11.3 Å². The lowest BCUT2D eigenvalue weighted by molar-refractivity contribution is -0.140. The number of nitrogens with one attached hydrogen (secondary N) is 1. The summed E-state index contributed by atoms with van der Waals surface area (Å²) < 4.78 is 4.53. The zero-order valence-corrected chi connectivity index (χ0v) is 9.10. The average Bonchev–Trinajstić information content (AvgIpc) is 2.69. The second-order valence-electron chi connectivity index (χ2n) is 2.96. The first-order chi connectivity index (χ1) is 6.83. The van der Waals surface area contributed by atoms with E-state index in [0.29, 0.717) is 13.0 Å². The Labute approximate surface area is 88.1 Å². The third-order valence-corrected chi connectivity index (χ3v) is 2.64. The Bertz CT molecular complexity index is 259. The lowest BCUT2D eigenvalue weighted by atomic mass is 10.2. The maximum atomic E-state index is 10.7. The SMILES string of the molecule is COC(=O)CCNCCc1ccsc1. The van der Waals surface area contributed by atoms with Crippen molar-refractivity contribution in [2.45, 2.75) is 12.8 Å². The minimum absolute atomic E-state index is 0.159. The molecule has 0 saturated carbocycles. The van der Waals surface area contributed by atoms with Crippen LogP contribution in [0.25, 0.3) is 0 Å². The first kappa shape index (κ1) is 11.2. The van der Waals surface area contributed by atoms with Gasteiger partial charge in [-0.25, -0.2) is 0 Å². The normalized spacial score (nSPS) is 10.1. The highest BCUT2D eigenvalue weighted by atomic mass is 32.1. The molecule has 1 aromatic heterocycles. The molecule has 0 aromatic carbocycles. The molecular weight excluding hydrogens is 198 g/mol. The van der Waals surface area contributed by atoms with Crippen molar-refractivity contribution in [3.63, 3.8) is 0 Å². The van der Waals surface area contributed by atoms with Crippen LogP contribution in [-0.2, 0) is 16.0 Å². The minimum Gasteiger partial charge on any atom is -0.469 e. The third kappa shape index (κ3) is 4.39. The van der Waals surface area contributed by atoms with Crippen molar-refractivity contribution in [2.75, 3.05) is 20.2 Å². The molecule has 0 atom stereocenters. The highest BCUT2D eigenvalue weighted by molar-refractivity contribution is 7.07. The number of ether oxygens (including phenoxy) is 1. The third-order valence-electron chi connectivity index (χ3n) is 1.90. The molecule has 0 amide bonds. The van der Waals surface area contributed by atoms with E-state index >= 15 is 0 Å². The Morgan fingerprint density at radius 3 is 3.07 bits per heavy atom. The van der Waals surface area contributed by atoms with Crippen molar-refractivity contribution >= 4 is 17.3 Å². The number of methoxy groups -OCH3 is 1. The highest BCUT2D eigenvalue weighted by Crippen LogP contribution is 2.05. The maximum Gasteiger partial charge on any atom is 0.306 e. The molecule has 1 heterocycles. The molecule has 0 aliphatic heterocycles. The van der Waals surface area contributed by atoms with Crippen LogP contribution in [0.2, 0.25) is 0 Å². The number of rotatable bonds is 6. The second-order valence-corrected chi connectivity index (χ2v) is 3.74. The quantitative estimate of drug-likeness (QED) is 0.574. The zero-order chi connectivity index (χ0) is 10.2. The van der Waals surface area contributed by atoms with Gasteiger partial charge in [0.2, 0.25) is 0 Å². The van der Waals surface area contributed by atoms with Crippen molar-refractivity contribution in [2.24, 2.45) is 0 Å². The summed E-state index contributed by atoms with van der Waals surface area (Å²) >= 11 is 1.71. The van der Waals surface area contributed by atoms with Crippen LogP contribution in [0.3, 0.4) is 0 Å². The fraction of sp³-hybridized carbons (Fsp3) is 0.500. The van der Waals surface area contributed by atoms with Gasteiger partial charge in [0.25, 0.3) is 0 Å². The Kier molecular flexibility index (Phi) is 5.25. The molecule has 0 fully saturated rings. The number of carbonyl (C=O) groups excluding carboxylic acids is 1. The fourth-order valence-electron chi connectivity index (χ4n) is 1.09. The second kappa shape index (κ2) is 6.56. The van der Waals surface area contributed by atoms with Crippen LogP contribution in [0, 0.1) is 0 Å². The van der Waals surface area contributed by atoms with Gasteiger partial charge in [0.05, 0.1) is 13.5 Å². The van der Waals surface area contributed by atoms with Gasteiger partial charge in [-0.15, -0.1) is 0 Å². The van der Waals surface area contributed by atoms with Crippen LogP contribution in [0.15, 0.2) is 16.8 Å². The topological polar surface area (TPSA) is 38.3 Å². The molecule has 0 saturated heterocycles. The summed E-state index contributed by atoms with van der Waals surface area (Å²) in [5.74, 6) is -0.159. The highest BCUT2D eigenvalue weighted by Gasteiger charge is 1.98. The van der Waals surface area contributed by atoms with Crippen molar-refractivity contribution in [3.05, 3.63) is 22.4 Å². The largest absolute Gasteiger partial charge is 0.469 e. The molecule has 4 heteroatoms. The molecule has 1 aromatic rings. The van der Waals surface area contributed by atoms with E-state index < -0.39 is 0 Å². The van der Waals surface area contributed by atoms with Crippen molar-refractivity contribution in [1.29, 1.82) is 0 Å². The van der Waals surface area contributed by atoms with Crippen LogP contribution in [-0.4, -0.2) is 26.2 Å². The van der Waals surface area contributed by atoms with Gasteiger partial charge in [-0.1, -0.05) is 0 Å². The fourth-order valence-corrected chi connectivity index (χ4v) is 1.79. The molecule has 0 aliphatic carbocycles. The van der Waals surface area contributed by atoms with Gasteiger partial charge in [0.15, 0.2) is 0 Å². The first-order valence-corrected chi connectivity index (χ1v) is 5.56. The maximum absolute atomic E-state index is 10.7. The van der Waals surface area contributed by atoms with Crippen LogP contribution < -0.4 is 5.32 Å². The lowest BCUT2D eigenvalue weighted by Gasteiger charge is -2.02. The summed E-state index contributed by atoms with van der Waals surface area (Å²) in [6, 6.07) is 2.12. The Morgan fingerprint density at radius 2 is 2.43 bits per heavy atom. The predicted molar refractivity (Wildman–Crippen MR) is 57.5 cm³/mol. The van der Waals surface area contributed by atoms with Crippen LogP contribution in [0.5, 0.6) is 0 Å². The Hall–Kier alpha value is -0.870. The monoisotopic (exact) mass is 213 g/mol. The van der Waals surface area contributed by atoms with Crippen molar-refractivity contribution in [1.82, 2.24) is 5.32 Å². The molecular formula is C10H15NO2S. The van der Waals surface area contributed by atoms with Crippen LogP contribution in [0.1, 0.15) is 12.0 Å². The van der Waals surface area contributed by atoms with E-state index in [2.05, 4.69) is 26.9 Å². The number of carbonyl (C=O) groups is 1. The summed E-state index contributed by atoms with van der Waals surface area (Å²) in [6.45, 7) is 1.60. The number of esters is 1. The van der Waals surface area contributed by atoms with E-state index in [1.807, 2.05) is 0 Å². The standard InChI is InChI=1S/C10H15NO2S/c1-13-10(12)3-6-11-5-2-9-4-7-14-8-9/h4,7-8,11H,2-3,5-6H2,1H3. The summed E-state index contributed by atoms with van der Waals surface area (Å²) in [6.07, 6.45) is 1.46. The number of thiophene rings is 1. The smallest absolute Gasteiger partial charge is 0.306 e. The molecule has 78 valence electrons. The van der Waals surface area contributed by atoms with Crippen molar-refractivity contribution < 1.29 is 9.53 Å². The molecule has 14 heavy (non-hydrogen) atoms. The van der Waals surface area contributed by atoms with Gasteiger partial charge in [0.1, 0.15) is 0 Å². The van der Waals surface area contributed by atoms with Gasteiger partial charge < -0.3 is 10.1 Å². The summed E-state index contributed by atoms with van der Waals surface area (Å²) in [5, 5.41) is 7.41. The summed E-state index contributed by atoms with van der Waals surface area (Å²) in [4.78, 5) is 10.7. The summed E-state index contributed by atoms with van der Waals surface area (Å²) in [7, 11) is 1.41. The van der Waals surface area contributed by atoms with Gasteiger partial charge in [-0.2, -0.15) is 11.3 Å². The Morgan fingerprint density at radius 1 is 1.57 bits per heavy atom.